The number of benzene rings is 1. The summed E-state index contributed by atoms with van der Waals surface area (Å²) in [6.45, 7) is 6.07. The van der Waals surface area contributed by atoms with Crippen LogP contribution >= 0.6 is 11.6 Å². The third kappa shape index (κ3) is 6.43. The second-order valence-corrected chi connectivity index (χ2v) is 7.82. The monoisotopic (exact) mass is 393 g/mol. The second-order valence-electron chi connectivity index (χ2n) is 7.38. The van der Waals surface area contributed by atoms with Crippen LogP contribution in [-0.4, -0.2) is 47.6 Å². The summed E-state index contributed by atoms with van der Waals surface area (Å²) < 4.78 is 5.95. The Balaban J connectivity index is 2.05. The molecule has 146 valence electrons. The van der Waals surface area contributed by atoms with Gasteiger partial charge in [-0.25, -0.2) is 0 Å². The van der Waals surface area contributed by atoms with Crippen LogP contribution in [-0.2, 0) is 20.9 Å². The predicted octanol–water partition coefficient (Wildman–Crippen LogP) is 3.05. The molecule has 27 heavy (non-hydrogen) atoms. The normalized spacial score (nSPS) is 19.5. The first-order chi connectivity index (χ1) is 12.7. The van der Waals surface area contributed by atoms with Gasteiger partial charge in [-0.15, -0.1) is 0 Å². The van der Waals surface area contributed by atoms with Crippen LogP contribution in [0, 0.1) is 0 Å². The van der Waals surface area contributed by atoms with E-state index in [1.807, 2.05) is 32.9 Å². The Morgan fingerprint density at radius 2 is 2.04 bits per heavy atom. The number of hydrogen-bond acceptors (Lipinski definition) is 4. The van der Waals surface area contributed by atoms with E-state index < -0.39 is 11.6 Å². The van der Waals surface area contributed by atoms with Crippen molar-refractivity contribution in [2.24, 2.45) is 5.11 Å². The largest absolute Gasteiger partial charge is 0.371 e. The first kappa shape index (κ1) is 21.0. The van der Waals surface area contributed by atoms with Crippen LogP contribution in [0.25, 0.3) is 10.4 Å². The fourth-order valence-corrected chi connectivity index (χ4v) is 3.13. The van der Waals surface area contributed by atoms with Crippen molar-refractivity contribution in [2.75, 3.05) is 13.1 Å². The third-order valence-corrected chi connectivity index (χ3v) is 4.31. The summed E-state index contributed by atoms with van der Waals surface area (Å²) in [5.41, 5.74) is 8.95. The van der Waals surface area contributed by atoms with Crippen LogP contribution in [0.4, 0.5) is 0 Å². The Hall–Kier alpha value is -2.28. The highest BCUT2D eigenvalue weighted by Gasteiger charge is 2.40. The van der Waals surface area contributed by atoms with Gasteiger partial charge in [-0.2, -0.15) is 0 Å². The average Bonchev–Trinajstić information content (AvgIpc) is 3.01. The number of halogens is 1. The summed E-state index contributed by atoms with van der Waals surface area (Å²) in [6.07, 6.45) is 0.137. The van der Waals surface area contributed by atoms with Gasteiger partial charge < -0.3 is 15.0 Å². The smallest absolute Gasteiger partial charge is 0.243 e. The van der Waals surface area contributed by atoms with Crippen molar-refractivity contribution in [3.05, 3.63) is 45.3 Å². The van der Waals surface area contributed by atoms with E-state index in [0.29, 0.717) is 18.0 Å². The Morgan fingerprint density at radius 1 is 1.37 bits per heavy atom. The SMILES string of the molecule is CC(C)(C)O[C@@H]1C[C@@H](C(=O)NCc2ccc(Cl)cc2)N(C(=O)CN=[N+]=[N-])C1. The standard InChI is InChI=1S/C18H24ClN5O3/c1-18(2,3)27-14-8-15(24(11-14)16(25)10-22-23-20)17(26)21-9-12-4-6-13(19)7-5-12/h4-7,14-15H,8-11H2,1-3H3,(H,21,26)/t14-,15+/m1/s1. The molecule has 0 spiro atoms. The van der Waals surface area contributed by atoms with Crippen molar-refractivity contribution in [1.29, 1.82) is 0 Å². The number of azide groups is 1. The molecule has 1 aliphatic heterocycles. The highest BCUT2D eigenvalue weighted by molar-refractivity contribution is 6.30. The number of ether oxygens (including phenoxy) is 1. The minimum absolute atomic E-state index is 0.258. The minimum Gasteiger partial charge on any atom is -0.371 e. The van der Waals surface area contributed by atoms with Crippen LogP contribution in [0.1, 0.15) is 32.8 Å². The second kappa shape index (κ2) is 9.08. The van der Waals surface area contributed by atoms with Gasteiger partial charge >= 0.3 is 0 Å². The summed E-state index contributed by atoms with van der Waals surface area (Å²) in [4.78, 5) is 29.1. The van der Waals surface area contributed by atoms with Crippen molar-refractivity contribution < 1.29 is 14.3 Å². The molecule has 0 unspecified atom stereocenters. The zero-order chi connectivity index (χ0) is 20.0. The number of carbonyl (C=O) groups excluding carboxylic acids is 2. The van der Waals surface area contributed by atoms with E-state index in [0.717, 1.165) is 5.56 Å². The Kier molecular flexibility index (Phi) is 7.07. The van der Waals surface area contributed by atoms with Crippen molar-refractivity contribution in [1.82, 2.24) is 10.2 Å². The molecule has 0 aromatic heterocycles. The highest BCUT2D eigenvalue weighted by atomic mass is 35.5. The Labute approximate surface area is 163 Å². The molecule has 2 atom stereocenters. The molecule has 8 nitrogen and oxygen atoms in total. The molecule has 0 bridgehead atoms. The molecule has 2 amide bonds. The van der Waals surface area contributed by atoms with Crippen LogP contribution in [0.5, 0.6) is 0 Å². The maximum atomic E-state index is 12.7. The number of rotatable bonds is 6. The van der Waals surface area contributed by atoms with E-state index >= 15 is 0 Å². The minimum atomic E-state index is -0.661. The molecule has 1 aliphatic rings. The zero-order valence-electron chi connectivity index (χ0n) is 15.7. The first-order valence-corrected chi connectivity index (χ1v) is 9.07. The molecule has 2 rings (SSSR count). The van der Waals surface area contributed by atoms with Crippen molar-refractivity contribution in [3.8, 4) is 0 Å². The Morgan fingerprint density at radius 3 is 2.63 bits per heavy atom. The lowest BCUT2D eigenvalue weighted by atomic mass is 10.1. The fraction of sp³-hybridized carbons (Fsp3) is 0.556. The number of carbonyl (C=O) groups is 2. The number of nitrogens with one attached hydrogen (secondary N) is 1. The molecule has 1 fully saturated rings. The fourth-order valence-electron chi connectivity index (χ4n) is 3.00. The van der Waals surface area contributed by atoms with Gasteiger partial charge in [0.25, 0.3) is 0 Å². The van der Waals surface area contributed by atoms with Gasteiger partial charge in [-0.05, 0) is 44.0 Å². The van der Waals surface area contributed by atoms with Crippen LogP contribution in [0.3, 0.4) is 0 Å². The molecule has 0 aliphatic carbocycles. The molecule has 1 saturated heterocycles. The van der Waals surface area contributed by atoms with Crippen molar-refractivity contribution >= 4 is 23.4 Å². The third-order valence-electron chi connectivity index (χ3n) is 4.06. The Bertz CT molecular complexity index is 726. The predicted molar refractivity (Wildman–Crippen MR) is 102 cm³/mol. The average molecular weight is 394 g/mol. The van der Waals surface area contributed by atoms with Gasteiger partial charge in [0.15, 0.2) is 0 Å². The summed E-state index contributed by atoms with van der Waals surface area (Å²) in [5, 5.41) is 6.79. The molecular formula is C18H24ClN5O3. The first-order valence-electron chi connectivity index (χ1n) is 8.70. The summed E-state index contributed by atoms with van der Waals surface area (Å²) in [6, 6.07) is 6.50. The number of nitrogens with zero attached hydrogens (tertiary/aromatic N) is 4. The summed E-state index contributed by atoms with van der Waals surface area (Å²) in [5.74, 6) is -0.654. The molecular weight excluding hydrogens is 370 g/mol. The van der Waals surface area contributed by atoms with E-state index in [2.05, 4.69) is 15.3 Å². The van der Waals surface area contributed by atoms with Crippen molar-refractivity contribution in [3.63, 3.8) is 0 Å². The summed E-state index contributed by atoms with van der Waals surface area (Å²) in [7, 11) is 0. The maximum absolute atomic E-state index is 12.7. The van der Waals surface area contributed by atoms with Crippen LogP contribution < -0.4 is 5.32 Å². The van der Waals surface area contributed by atoms with E-state index in [9.17, 15) is 9.59 Å². The van der Waals surface area contributed by atoms with E-state index in [1.54, 1.807) is 12.1 Å². The summed E-state index contributed by atoms with van der Waals surface area (Å²) >= 11 is 5.86. The number of hydrogen-bond donors (Lipinski definition) is 1. The molecule has 1 heterocycles. The van der Waals surface area contributed by atoms with Gasteiger partial charge in [0.05, 0.1) is 11.7 Å². The lowest BCUT2D eigenvalue weighted by Gasteiger charge is -2.25. The van der Waals surface area contributed by atoms with Gasteiger partial charge in [0.2, 0.25) is 11.8 Å². The highest BCUT2D eigenvalue weighted by Crippen LogP contribution is 2.25. The van der Waals surface area contributed by atoms with Crippen LogP contribution in [0.2, 0.25) is 5.02 Å². The lowest BCUT2D eigenvalue weighted by molar-refractivity contribution is -0.137. The lowest BCUT2D eigenvalue weighted by Crippen LogP contribution is -2.46. The number of likely N-dealkylation sites (tertiary alicyclic amines) is 1. The van der Waals surface area contributed by atoms with E-state index in [1.165, 1.54) is 4.90 Å². The zero-order valence-corrected chi connectivity index (χ0v) is 16.4. The quantitative estimate of drug-likeness (QED) is 0.455. The van der Waals surface area contributed by atoms with E-state index in [-0.39, 0.29) is 31.0 Å². The number of amides is 2. The molecule has 9 heteroatoms. The van der Waals surface area contributed by atoms with E-state index in [4.69, 9.17) is 21.9 Å². The molecule has 0 radical (unpaired) electrons. The maximum Gasteiger partial charge on any atom is 0.243 e. The topological polar surface area (TPSA) is 107 Å². The van der Waals surface area contributed by atoms with Crippen LogP contribution in [0.15, 0.2) is 29.4 Å². The van der Waals surface area contributed by atoms with Gasteiger partial charge in [0.1, 0.15) is 12.6 Å². The van der Waals surface area contributed by atoms with Gasteiger partial charge in [-0.3, -0.25) is 9.59 Å². The molecule has 1 aromatic rings. The molecule has 1 aromatic carbocycles. The van der Waals surface area contributed by atoms with Gasteiger partial charge in [-0.1, -0.05) is 28.8 Å². The molecule has 1 N–H and O–H groups in total. The van der Waals surface area contributed by atoms with Crippen molar-refractivity contribution in [2.45, 2.75) is 51.5 Å². The van der Waals surface area contributed by atoms with Gasteiger partial charge in [0, 0.05) is 29.4 Å². The molecule has 0 saturated carbocycles.